The molecule has 1 aromatic heterocycles. The van der Waals surface area contributed by atoms with Crippen LogP contribution in [0.4, 0.5) is 0 Å². The van der Waals surface area contributed by atoms with E-state index in [4.69, 9.17) is 9.47 Å². The van der Waals surface area contributed by atoms with Crippen LogP contribution in [0.25, 0.3) is 0 Å². The Bertz CT molecular complexity index is 554. The summed E-state index contributed by atoms with van der Waals surface area (Å²) >= 11 is 1.68. The summed E-state index contributed by atoms with van der Waals surface area (Å²) < 4.78 is 10.8. The monoisotopic (exact) mass is 262 g/mol. The zero-order chi connectivity index (χ0) is 12.4. The number of aromatic nitrogens is 1. The van der Waals surface area contributed by atoms with Crippen molar-refractivity contribution in [2.75, 3.05) is 6.79 Å². The molecule has 0 saturated carbocycles. The minimum Gasteiger partial charge on any atom is -0.454 e. The number of hydrogen-bond acceptors (Lipinski definition) is 5. The van der Waals surface area contributed by atoms with E-state index in [2.05, 4.69) is 16.4 Å². The van der Waals surface area contributed by atoms with Crippen LogP contribution in [0.15, 0.2) is 23.7 Å². The molecule has 1 aromatic carbocycles. The first-order valence-electron chi connectivity index (χ1n) is 5.82. The number of thiazole rings is 1. The molecule has 3 rings (SSSR count). The lowest BCUT2D eigenvalue weighted by atomic mass is 10.2. The molecule has 4 nitrogen and oxygen atoms in total. The van der Waals surface area contributed by atoms with Gasteiger partial charge in [0.15, 0.2) is 11.5 Å². The third-order valence-corrected chi connectivity index (χ3v) is 3.86. The molecule has 0 bridgehead atoms. The summed E-state index contributed by atoms with van der Waals surface area (Å²) in [5.41, 5.74) is 4.11. The highest BCUT2D eigenvalue weighted by atomic mass is 32.1. The number of benzene rings is 1. The number of para-hydroxylation sites is 1. The van der Waals surface area contributed by atoms with Crippen LogP contribution in [0, 0.1) is 6.92 Å². The van der Waals surface area contributed by atoms with Crippen LogP contribution in [0.2, 0.25) is 0 Å². The average Bonchev–Trinajstić information content (AvgIpc) is 2.99. The number of nitrogens with zero attached hydrogens (tertiary/aromatic N) is 1. The molecule has 0 unspecified atom stereocenters. The SMILES string of the molecule is Cc1ncsc1CNCc1cccc2c1OCO2. The lowest BCUT2D eigenvalue weighted by molar-refractivity contribution is 0.173. The van der Waals surface area contributed by atoms with Crippen molar-refractivity contribution in [2.24, 2.45) is 0 Å². The molecule has 0 aliphatic carbocycles. The van der Waals surface area contributed by atoms with E-state index >= 15 is 0 Å². The van der Waals surface area contributed by atoms with Gasteiger partial charge in [-0.2, -0.15) is 0 Å². The van der Waals surface area contributed by atoms with Crippen LogP contribution >= 0.6 is 11.3 Å². The van der Waals surface area contributed by atoms with Gasteiger partial charge in [0.05, 0.1) is 11.2 Å². The summed E-state index contributed by atoms with van der Waals surface area (Å²) in [6, 6.07) is 5.97. The Balaban J connectivity index is 1.64. The number of fused-ring (bicyclic) bond motifs is 1. The minimum atomic E-state index is 0.320. The zero-order valence-electron chi connectivity index (χ0n) is 10.1. The molecular formula is C13H14N2O2S. The van der Waals surface area contributed by atoms with E-state index < -0.39 is 0 Å². The maximum Gasteiger partial charge on any atom is 0.231 e. The maximum absolute atomic E-state index is 5.47. The van der Waals surface area contributed by atoms with Crippen LogP contribution in [0.1, 0.15) is 16.1 Å². The van der Waals surface area contributed by atoms with Gasteiger partial charge in [0.1, 0.15) is 0 Å². The average molecular weight is 262 g/mol. The number of ether oxygens (including phenoxy) is 2. The topological polar surface area (TPSA) is 43.4 Å². The summed E-state index contributed by atoms with van der Waals surface area (Å²) in [5, 5.41) is 3.41. The van der Waals surface area contributed by atoms with Gasteiger partial charge in [0, 0.05) is 23.5 Å². The molecule has 0 amide bonds. The van der Waals surface area contributed by atoms with Gasteiger partial charge in [-0.05, 0) is 13.0 Å². The second kappa shape index (κ2) is 4.96. The molecule has 1 aliphatic heterocycles. The molecule has 0 spiro atoms. The van der Waals surface area contributed by atoms with E-state index in [0.717, 1.165) is 35.8 Å². The highest BCUT2D eigenvalue weighted by Crippen LogP contribution is 2.35. The summed E-state index contributed by atoms with van der Waals surface area (Å²) in [6.07, 6.45) is 0. The normalized spacial score (nSPS) is 12.9. The summed E-state index contributed by atoms with van der Waals surface area (Å²) in [7, 11) is 0. The van der Waals surface area contributed by atoms with Crippen LogP contribution < -0.4 is 14.8 Å². The minimum absolute atomic E-state index is 0.320. The van der Waals surface area contributed by atoms with Gasteiger partial charge < -0.3 is 14.8 Å². The van der Waals surface area contributed by atoms with Crippen molar-refractivity contribution in [1.82, 2.24) is 10.3 Å². The van der Waals surface area contributed by atoms with E-state index in [-0.39, 0.29) is 0 Å². The fraction of sp³-hybridized carbons (Fsp3) is 0.308. The van der Waals surface area contributed by atoms with Crippen LogP contribution in [-0.2, 0) is 13.1 Å². The van der Waals surface area contributed by atoms with E-state index in [1.54, 1.807) is 11.3 Å². The summed E-state index contributed by atoms with van der Waals surface area (Å²) in [4.78, 5) is 5.51. The standard InChI is InChI=1S/C13H14N2O2S/c1-9-12(18-7-15-9)6-14-5-10-3-2-4-11-13(10)17-8-16-11/h2-4,7,14H,5-6,8H2,1H3. The fourth-order valence-corrected chi connectivity index (χ4v) is 2.68. The number of rotatable bonds is 4. The van der Waals surface area contributed by atoms with Crippen molar-refractivity contribution in [2.45, 2.75) is 20.0 Å². The maximum atomic E-state index is 5.47. The van der Waals surface area contributed by atoms with Gasteiger partial charge in [-0.1, -0.05) is 12.1 Å². The van der Waals surface area contributed by atoms with Crippen molar-refractivity contribution in [3.63, 3.8) is 0 Å². The van der Waals surface area contributed by atoms with Crippen molar-refractivity contribution in [3.05, 3.63) is 39.8 Å². The molecule has 2 heterocycles. The molecule has 0 atom stereocenters. The molecule has 1 N–H and O–H groups in total. The molecule has 2 aromatic rings. The Morgan fingerprint density at radius 1 is 1.33 bits per heavy atom. The third kappa shape index (κ3) is 2.19. The quantitative estimate of drug-likeness (QED) is 0.919. The Morgan fingerprint density at radius 3 is 3.11 bits per heavy atom. The first-order chi connectivity index (χ1) is 8.84. The lowest BCUT2D eigenvalue weighted by Gasteiger charge is -2.07. The first kappa shape index (κ1) is 11.5. The van der Waals surface area contributed by atoms with E-state index in [9.17, 15) is 0 Å². The van der Waals surface area contributed by atoms with Gasteiger partial charge in [0.25, 0.3) is 0 Å². The molecule has 0 radical (unpaired) electrons. The smallest absolute Gasteiger partial charge is 0.231 e. The number of nitrogens with one attached hydrogen (secondary N) is 1. The van der Waals surface area contributed by atoms with Crippen molar-refractivity contribution >= 4 is 11.3 Å². The predicted octanol–water partition coefficient (Wildman–Crippen LogP) is 2.47. The summed E-state index contributed by atoms with van der Waals surface area (Å²) in [5.74, 6) is 1.70. The van der Waals surface area contributed by atoms with Crippen LogP contribution in [0.5, 0.6) is 11.5 Å². The van der Waals surface area contributed by atoms with E-state index in [1.807, 2.05) is 24.6 Å². The fourth-order valence-electron chi connectivity index (χ4n) is 1.94. The van der Waals surface area contributed by atoms with Crippen molar-refractivity contribution in [1.29, 1.82) is 0 Å². The van der Waals surface area contributed by atoms with E-state index in [0.29, 0.717) is 6.79 Å². The van der Waals surface area contributed by atoms with E-state index in [1.165, 1.54) is 4.88 Å². The van der Waals surface area contributed by atoms with Gasteiger partial charge in [-0.25, -0.2) is 4.98 Å². The Labute approximate surface area is 110 Å². The van der Waals surface area contributed by atoms with Gasteiger partial charge in [0.2, 0.25) is 6.79 Å². The predicted molar refractivity (Wildman–Crippen MR) is 70.0 cm³/mol. The molecular weight excluding hydrogens is 248 g/mol. The number of aryl methyl sites for hydroxylation is 1. The zero-order valence-corrected chi connectivity index (χ0v) is 10.9. The van der Waals surface area contributed by atoms with Crippen LogP contribution in [-0.4, -0.2) is 11.8 Å². The summed E-state index contributed by atoms with van der Waals surface area (Å²) in [6.45, 7) is 3.95. The molecule has 5 heteroatoms. The molecule has 94 valence electrons. The first-order valence-corrected chi connectivity index (χ1v) is 6.70. The Kier molecular flexibility index (Phi) is 3.17. The van der Waals surface area contributed by atoms with Gasteiger partial charge in [-0.3, -0.25) is 0 Å². The largest absolute Gasteiger partial charge is 0.454 e. The molecule has 0 saturated heterocycles. The van der Waals surface area contributed by atoms with Gasteiger partial charge >= 0.3 is 0 Å². The molecule has 0 fully saturated rings. The van der Waals surface area contributed by atoms with Gasteiger partial charge in [-0.15, -0.1) is 11.3 Å². The molecule has 1 aliphatic rings. The molecule has 18 heavy (non-hydrogen) atoms. The lowest BCUT2D eigenvalue weighted by Crippen LogP contribution is -2.13. The van der Waals surface area contributed by atoms with Crippen LogP contribution in [0.3, 0.4) is 0 Å². The highest BCUT2D eigenvalue weighted by molar-refractivity contribution is 7.09. The number of hydrogen-bond donors (Lipinski definition) is 1. The third-order valence-electron chi connectivity index (χ3n) is 2.92. The highest BCUT2D eigenvalue weighted by Gasteiger charge is 2.16. The second-order valence-electron chi connectivity index (χ2n) is 4.12. The second-order valence-corrected chi connectivity index (χ2v) is 5.05. The van der Waals surface area contributed by atoms with Crippen molar-refractivity contribution < 1.29 is 9.47 Å². The van der Waals surface area contributed by atoms with Crippen molar-refractivity contribution in [3.8, 4) is 11.5 Å². The Morgan fingerprint density at radius 2 is 2.28 bits per heavy atom. The Hall–Kier alpha value is -1.59.